The number of nitrogens with zero attached hydrogens (tertiary/aromatic N) is 2. The Kier molecular flexibility index (Phi) is 23.1. The number of anilines is 2. The molecule has 2 aliphatic heterocycles. The SMILES string of the molecule is C.C.C.C.Nc1ccc(Cl)cc1C(=O)c1ccccc1.O=C(O)C1CCCN1Cc1ccccc1.O=C(c1ccccc1)c1cc(Cl)ccc1NC(=O)C1CCCN1Cc1ccccc1. The molecule has 0 bridgehead atoms. The largest absolute Gasteiger partial charge is 0.480 e. The van der Waals surface area contributed by atoms with Gasteiger partial charge in [-0.05, 0) is 86.3 Å². The Morgan fingerprint density at radius 3 is 1.43 bits per heavy atom. The molecule has 344 valence electrons. The van der Waals surface area contributed by atoms with Crippen molar-refractivity contribution in [3.05, 3.63) is 201 Å². The van der Waals surface area contributed by atoms with Gasteiger partial charge in [0, 0.05) is 51.1 Å². The summed E-state index contributed by atoms with van der Waals surface area (Å²) in [6.45, 7) is 3.25. The second kappa shape index (κ2) is 27.3. The molecular weight excluding hydrogens is 856 g/mol. The van der Waals surface area contributed by atoms with Crippen molar-refractivity contribution in [3.8, 4) is 0 Å². The van der Waals surface area contributed by atoms with E-state index >= 15 is 0 Å². The summed E-state index contributed by atoms with van der Waals surface area (Å²) in [4.78, 5) is 53.4. The molecule has 2 fully saturated rings. The third kappa shape index (κ3) is 15.5. The summed E-state index contributed by atoms with van der Waals surface area (Å²) >= 11 is 12.0. The van der Waals surface area contributed by atoms with Gasteiger partial charge in [-0.15, -0.1) is 0 Å². The van der Waals surface area contributed by atoms with Crippen molar-refractivity contribution in [3.63, 3.8) is 0 Å². The molecule has 6 aromatic rings. The van der Waals surface area contributed by atoms with Crippen molar-refractivity contribution >= 4 is 58.0 Å². The first-order chi connectivity index (χ1) is 29.6. The fraction of sp³-hybridized carbons (Fsp3) is 0.259. The van der Waals surface area contributed by atoms with Crippen LogP contribution in [0.1, 0.15) is 98.4 Å². The number of benzene rings is 6. The Morgan fingerprint density at radius 1 is 0.554 bits per heavy atom. The van der Waals surface area contributed by atoms with Crippen molar-refractivity contribution in [2.24, 2.45) is 0 Å². The first-order valence-corrected chi connectivity index (χ1v) is 21.0. The van der Waals surface area contributed by atoms with Gasteiger partial charge in [-0.25, -0.2) is 0 Å². The Hall–Kier alpha value is -6.10. The zero-order chi connectivity index (χ0) is 43.1. The van der Waals surface area contributed by atoms with Gasteiger partial charge in [-0.2, -0.15) is 0 Å². The van der Waals surface area contributed by atoms with Gasteiger partial charge < -0.3 is 16.2 Å². The molecule has 9 nitrogen and oxygen atoms in total. The van der Waals surface area contributed by atoms with E-state index in [4.69, 9.17) is 34.0 Å². The molecular formula is C54H64Cl2N4O5. The van der Waals surface area contributed by atoms with E-state index in [1.165, 1.54) is 11.1 Å². The van der Waals surface area contributed by atoms with Gasteiger partial charge in [0.05, 0.1) is 11.7 Å². The number of aliphatic carboxylic acids is 1. The van der Waals surface area contributed by atoms with Crippen LogP contribution in [0, 0.1) is 0 Å². The van der Waals surface area contributed by atoms with Crippen LogP contribution in [0.15, 0.2) is 158 Å². The minimum absolute atomic E-state index is 0. The minimum atomic E-state index is -0.691. The standard InChI is InChI=1S/C25H23ClN2O2.C13H10ClNO.C12H15NO2.4CH4/c26-20-13-14-22(21(16-20)24(29)19-10-5-2-6-11-19)27-25(30)23-12-7-15-28(23)17-18-8-3-1-4-9-18;14-10-6-7-12(15)11(8-10)13(16)9-4-2-1-3-5-9;14-12(15)11-7-4-8-13(11)9-10-5-2-1-3-6-10;;;;/h1-6,8-11,13-14,16,23H,7,12,15,17H2,(H,27,30);1-8H,15H2;1-3,5-6,11H,4,7-9H2,(H,14,15);4*1H4. The average molecular weight is 920 g/mol. The van der Waals surface area contributed by atoms with Gasteiger partial charge in [-0.3, -0.25) is 29.0 Å². The lowest BCUT2D eigenvalue weighted by Crippen LogP contribution is -2.39. The molecule has 6 aromatic carbocycles. The van der Waals surface area contributed by atoms with E-state index in [-0.39, 0.29) is 59.3 Å². The number of amides is 1. The number of carbonyl (C=O) groups excluding carboxylic acids is 3. The molecule has 2 atom stereocenters. The second-order valence-corrected chi connectivity index (χ2v) is 15.7. The number of likely N-dealkylation sites (tertiary alicyclic amines) is 2. The maximum Gasteiger partial charge on any atom is 0.320 e. The molecule has 2 unspecified atom stereocenters. The third-order valence-corrected chi connectivity index (χ3v) is 11.1. The van der Waals surface area contributed by atoms with Crippen LogP contribution in [0.5, 0.6) is 0 Å². The number of rotatable bonds is 11. The third-order valence-electron chi connectivity index (χ3n) is 10.6. The van der Waals surface area contributed by atoms with E-state index in [9.17, 15) is 19.2 Å². The minimum Gasteiger partial charge on any atom is -0.480 e. The highest BCUT2D eigenvalue weighted by molar-refractivity contribution is 6.32. The summed E-state index contributed by atoms with van der Waals surface area (Å²) in [5, 5.41) is 13.0. The molecule has 0 aliphatic carbocycles. The number of ketones is 2. The first kappa shape index (κ1) is 55.0. The number of halogens is 2. The topological polar surface area (TPSA) is 133 Å². The summed E-state index contributed by atoms with van der Waals surface area (Å²) in [6.07, 6.45) is 3.54. The van der Waals surface area contributed by atoms with Crippen LogP contribution in [0.25, 0.3) is 0 Å². The monoisotopic (exact) mass is 918 g/mol. The van der Waals surface area contributed by atoms with Gasteiger partial charge in [-0.1, -0.05) is 174 Å². The summed E-state index contributed by atoms with van der Waals surface area (Å²) in [5.41, 5.74) is 11.1. The molecule has 65 heavy (non-hydrogen) atoms. The number of hydrogen-bond donors (Lipinski definition) is 3. The van der Waals surface area contributed by atoms with Crippen molar-refractivity contribution in [2.45, 2.75) is 80.6 Å². The number of nitrogen functional groups attached to an aromatic ring is 1. The molecule has 0 aromatic heterocycles. The van der Waals surface area contributed by atoms with Gasteiger partial charge in [0.1, 0.15) is 6.04 Å². The highest BCUT2D eigenvalue weighted by atomic mass is 35.5. The second-order valence-electron chi connectivity index (χ2n) is 14.9. The number of nitrogens with two attached hydrogens (primary N) is 1. The van der Waals surface area contributed by atoms with E-state index in [0.29, 0.717) is 43.7 Å². The lowest BCUT2D eigenvalue weighted by molar-refractivity contribution is -0.142. The number of carboxylic acids is 1. The summed E-state index contributed by atoms with van der Waals surface area (Å²) in [5.74, 6) is -1.06. The number of hydrogen-bond acceptors (Lipinski definition) is 7. The van der Waals surface area contributed by atoms with Crippen LogP contribution in [-0.4, -0.2) is 63.5 Å². The van der Waals surface area contributed by atoms with Crippen molar-refractivity contribution in [1.82, 2.24) is 9.80 Å². The first-order valence-electron chi connectivity index (χ1n) is 20.2. The Bertz CT molecular complexity index is 2400. The van der Waals surface area contributed by atoms with E-state index in [0.717, 1.165) is 51.9 Å². The lowest BCUT2D eigenvalue weighted by Gasteiger charge is -2.24. The molecule has 0 radical (unpaired) electrons. The lowest BCUT2D eigenvalue weighted by atomic mass is 10.0. The van der Waals surface area contributed by atoms with Crippen LogP contribution in [0.2, 0.25) is 10.0 Å². The summed E-state index contributed by atoms with van der Waals surface area (Å²) < 4.78 is 0. The summed E-state index contributed by atoms with van der Waals surface area (Å²) in [6, 6.07) is 47.6. The van der Waals surface area contributed by atoms with Crippen molar-refractivity contribution in [2.75, 3.05) is 24.1 Å². The molecule has 1 amide bonds. The van der Waals surface area contributed by atoms with E-state index in [2.05, 4.69) is 22.3 Å². The molecule has 2 saturated heterocycles. The maximum absolute atomic E-state index is 13.1. The molecule has 2 aliphatic rings. The average Bonchev–Trinajstić information content (AvgIpc) is 3.96. The van der Waals surface area contributed by atoms with Gasteiger partial charge in [0.2, 0.25) is 5.91 Å². The highest BCUT2D eigenvalue weighted by Gasteiger charge is 2.32. The Balaban J connectivity index is 0.000000354. The zero-order valence-corrected chi connectivity index (χ0v) is 35.1. The molecule has 2 heterocycles. The number of carbonyl (C=O) groups is 4. The Morgan fingerprint density at radius 2 is 0.954 bits per heavy atom. The number of nitrogens with one attached hydrogen (secondary N) is 1. The van der Waals surface area contributed by atoms with Gasteiger partial charge >= 0.3 is 5.97 Å². The molecule has 0 saturated carbocycles. The normalized spacial score (nSPS) is 15.0. The van der Waals surface area contributed by atoms with E-state index < -0.39 is 5.97 Å². The fourth-order valence-corrected chi connectivity index (χ4v) is 7.83. The Labute approximate surface area is 396 Å². The van der Waals surface area contributed by atoms with Crippen LogP contribution >= 0.6 is 23.2 Å². The quantitative estimate of drug-likeness (QED) is 0.0864. The van der Waals surface area contributed by atoms with Crippen LogP contribution < -0.4 is 11.1 Å². The molecule has 11 heteroatoms. The molecule has 8 rings (SSSR count). The van der Waals surface area contributed by atoms with Gasteiger partial charge in [0.15, 0.2) is 11.6 Å². The number of carboxylic acid groups (broad SMARTS) is 1. The van der Waals surface area contributed by atoms with Crippen LogP contribution in [0.3, 0.4) is 0 Å². The predicted octanol–water partition coefficient (Wildman–Crippen LogP) is 12.6. The molecule has 4 N–H and O–H groups in total. The van der Waals surface area contributed by atoms with Gasteiger partial charge in [0.25, 0.3) is 0 Å². The fourth-order valence-electron chi connectivity index (χ4n) is 7.49. The van der Waals surface area contributed by atoms with Crippen molar-refractivity contribution in [1.29, 1.82) is 0 Å². The highest BCUT2D eigenvalue weighted by Crippen LogP contribution is 2.27. The van der Waals surface area contributed by atoms with Crippen molar-refractivity contribution < 1.29 is 24.3 Å². The molecule has 0 spiro atoms. The summed E-state index contributed by atoms with van der Waals surface area (Å²) in [7, 11) is 0. The van der Waals surface area contributed by atoms with E-state index in [1.54, 1.807) is 60.7 Å². The maximum atomic E-state index is 13.1. The van der Waals surface area contributed by atoms with Crippen LogP contribution in [-0.2, 0) is 22.7 Å². The smallest absolute Gasteiger partial charge is 0.320 e. The predicted molar refractivity (Wildman–Crippen MR) is 270 cm³/mol. The zero-order valence-electron chi connectivity index (χ0n) is 33.6. The van der Waals surface area contributed by atoms with Crippen LogP contribution in [0.4, 0.5) is 11.4 Å². The van der Waals surface area contributed by atoms with E-state index in [1.807, 2.05) is 89.8 Å².